The Kier molecular flexibility index (Phi) is 2.36. The highest BCUT2D eigenvalue weighted by Crippen LogP contribution is 2.27. The van der Waals surface area contributed by atoms with E-state index in [1.54, 1.807) is 0 Å². The molecular formula is C8H12IN3. The second kappa shape index (κ2) is 3.33. The van der Waals surface area contributed by atoms with Gasteiger partial charge in [0.25, 0.3) is 0 Å². The van der Waals surface area contributed by atoms with Crippen molar-refractivity contribution in [2.24, 2.45) is 7.05 Å². The predicted octanol–water partition coefficient (Wildman–Crippen LogP) is 1.56. The van der Waals surface area contributed by atoms with Gasteiger partial charge in [0.2, 0.25) is 0 Å². The summed E-state index contributed by atoms with van der Waals surface area (Å²) in [6.07, 6.45) is 3.27. The van der Waals surface area contributed by atoms with E-state index >= 15 is 0 Å². The summed E-state index contributed by atoms with van der Waals surface area (Å²) in [7, 11) is 1.97. The number of aromatic nitrogens is 2. The number of halogens is 1. The smallest absolute Gasteiger partial charge is 0.0668 e. The van der Waals surface area contributed by atoms with Crippen LogP contribution >= 0.6 is 22.9 Å². The van der Waals surface area contributed by atoms with Crippen LogP contribution in [0.3, 0.4) is 0 Å². The Hall–Kier alpha value is -0.100. The minimum absolute atomic E-state index is 0.656. The van der Waals surface area contributed by atoms with E-state index < -0.39 is 0 Å². The van der Waals surface area contributed by atoms with Crippen molar-refractivity contribution < 1.29 is 0 Å². The van der Waals surface area contributed by atoms with Crippen LogP contribution in [-0.2, 0) is 7.05 Å². The first-order valence-electron chi connectivity index (χ1n) is 4.16. The lowest BCUT2D eigenvalue weighted by atomic mass is 10.1. The molecule has 2 heterocycles. The van der Waals surface area contributed by atoms with Crippen molar-refractivity contribution in [3.63, 3.8) is 0 Å². The van der Waals surface area contributed by atoms with Crippen molar-refractivity contribution in [3.05, 3.63) is 18.0 Å². The average Bonchev–Trinajstić information content (AvgIpc) is 2.58. The van der Waals surface area contributed by atoms with Crippen LogP contribution in [0.25, 0.3) is 0 Å². The van der Waals surface area contributed by atoms with Crippen molar-refractivity contribution >= 4 is 22.9 Å². The number of hydrogen-bond donors (Lipinski definition) is 0. The Morgan fingerprint density at radius 3 is 3.00 bits per heavy atom. The van der Waals surface area contributed by atoms with Gasteiger partial charge in [0, 0.05) is 55.1 Å². The van der Waals surface area contributed by atoms with E-state index in [0.29, 0.717) is 5.92 Å². The molecule has 0 spiro atoms. The lowest BCUT2D eigenvalue weighted by Gasteiger charge is -2.04. The minimum Gasteiger partial charge on any atom is -0.276 e. The van der Waals surface area contributed by atoms with E-state index in [0.717, 1.165) is 6.54 Å². The largest absolute Gasteiger partial charge is 0.276 e. The molecule has 1 fully saturated rings. The maximum absolute atomic E-state index is 4.41. The summed E-state index contributed by atoms with van der Waals surface area (Å²) in [4.78, 5) is 0. The molecule has 4 heteroatoms. The second-order valence-electron chi connectivity index (χ2n) is 3.27. The predicted molar refractivity (Wildman–Crippen MR) is 56.2 cm³/mol. The molecular weight excluding hydrogens is 265 g/mol. The fraction of sp³-hybridized carbons (Fsp3) is 0.625. The van der Waals surface area contributed by atoms with Gasteiger partial charge >= 0.3 is 0 Å². The molecule has 3 nitrogen and oxygen atoms in total. The third-order valence-electron chi connectivity index (χ3n) is 2.29. The molecule has 12 heavy (non-hydrogen) atoms. The monoisotopic (exact) mass is 277 g/mol. The molecule has 0 aromatic carbocycles. The fourth-order valence-electron chi connectivity index (χ4n) is 1.61. The van der Waals surface area contributed by atoms with Crippen LogP contribution in [0.1, 0.15) is 18.0 Å². The van der Waals surface area contributed by atoms with Crippen LogP contribution in [0, 0.1) is 0 Å². The van der Waals surface area contributed by atoms with E-state index in [-0.39, 0.29) is 0 Å². The lowest BCUT2D eigenvalue weighted by Crippen LogP contribution is -2.06. The highest BCUT2D eigenvalue weighted by molar-refractivity contribution is 14.1. The summed E-state index contributed by atoms with van der Waals surface area (Å²) in [6, 6.07) is 2.13. The summed E-state index contributed by atoms with van der Waals surface area (Å²) >= 11 is 2.38. The SMILES string of the molecule is Cn1ccc(C2CCN(I)C2)n1. The van der Waals surface area contributed by atoms with Crippen molar-refractivity contribution in [1.82, 2.24) is 12.9 Å². The third kappa shape index (κ3) is 1.64. The molecule has 66 valence electrons. The third-order valence-corrected chi connectivity index (χ3v) is 3.17. The van der Waals surface area contributed by atoms with Crippen molar-refractivity contribution in [3.8, 4) is 0 Å². The number of hydrogen-bond acceptors (Lipinski definition) is 2. The van der Waals surface area contributed by atoms with Crippen LogP contribution in [-0.4, -0.2) is 26.0 Å². The summed E-state index contributed by atoms with van der Waals surface area (Å²) in [5.74, 6) is 0.656. The van der Waals surface area contributed by atoms with E-state index in [2.05, 4.69) is 37.1 Å². The normalized spacial score (nSPS) is 25.0. The van der Waals surface area contributed by atoms with Gasteiger partial charge in [-0.2, -0.15) is 5.10 Å². The molecule has 1 atom stereocenters. The van der Waals surface area contributed by atoms with Gasteiger partial charge in [-0.25, -0.2) is 3.11 Å². The molecule has 0 saturated carbocycles. The molecule has 0 bridgehead atoms. The Labute approximate surface area is 86.2 Å². The first-order chi connectivity index (χ1) is 5.75. The fourth-order valence-corrected chi connectivity index (χ4v) is 2.36. The van der Waals surface area contributed by atoms with Gasteiger partial charge < -0.3 is 0 Å². The molecule has 1 aromatic heterocycles. The first-order valence-corrected chi connectivity index (χ1v) is 5.12. The Morgan fingerprint density at radius 1 is 1.67 bits per heavy atom. The number of rotatable bonds is 1. The van der Waals surface area contributed by atoms with Gasteiger partial charge in [-0.3, -0.25) is 4.68 Å². The molecule has 1 unspecified atom stereocenters. The van der Waals surface area contributed by atoms with Crippen LogP contribution in [0.15, 0.2) is 12.3 Å². The highest BCUT2D eigenvalue weighted by atomic mass is 127. The molecule has 1 aliphatic heterocycles. The quantitative estimate of drug-likeness (QED) is 0.574. The van der Waals surface area contributed by atoms with E-state index in [4.69, 9.17) is 0 Å². The minimum atomic E-state index is 0.656. The topological polar surface area (TPSA) is 21.1 Å². The van der Waals surface area contributed by atoms with E-state index in [1.807, 2.05) is 17.9 Å². The van der Waals surface area contributed by atoms with Crippen LogP contribution in [0.2, 0.25) is 0 Å². The van der Waals surface area contributed by atoms with Gasteiger partial charge in [-0.05, 0) is 12.5 Å². The molecule has 0 amide bonds. The summed E-state index contributed by atoms with van der Waals surface area (Å²) in [5, 5.41) is 4.41. The maximum Gasteiger partial charge on any atom is 0.0668 e. The zero-order chi connectivity index (χ0) is 8.55. The van der Waals surface area contributed by atoms with Gasteiger partial charge in [0.05, 0.1) is 5.69 Å². The zero-order valence-electron chi connectivity index (χ0n) is 7.07. The Bertz CT molecular complexity index is 271. The molecule has 0 N–H and O–H groups in total. The van der Waals surface area contributed by atoms with Crippen molar-refractivity contribution in [2.75, 3.05) is 13.1 Å². The molecule has 1 aliphatic rings. The molecule has 1 saturated heterocycles. The molecule has 1 aromatic rings. The first kappa shape index (κ1) is 8.50. The molecule has 0 aliphatic carbocycles. The lowest BCUT2D eigenvalue weighted by molar-refractivity contribution is 0.610. The van der Waals surface area contributed by atoms with Gasteiger partial charge in [-0.15, -0.1) is 0 Å². The Morgan fingerprint density at radius 2 is 2.50 bits per heavy atom. The van der Waals surface area contributed by atoms with E-state index in [9.17, 15) is 0 Å². The van der Waals surface area contributed by atoms with Crippen LogP contribution in [0.4, 0.5) is 0 Å². The number of aryl methyl sites for hydroxylation is 1. The summed E-state index contributed by atoms with van der Waals surface area (Å²) in [5.41, 5.74) is 1.25. The van der Waals surface area contributed by atoms with Crippen molar-refractivity contribution in [1.29, 1.82) is 0 Å². The van der Waals surface area contributed by atoms with E-state index in [1.165, 1.54) is 18.7 Å². The Balaban J connectivity index is 2.11. The van der Waals surface area contributed by atoms with Gasteiger partial charge in [-0.1, -0.05) is 0 Å². The van der Waals surface area contributed by atoms with Crippen molar-refractivity contribution in [2.45, 2.75) is 12.3 Å². The second-order valence-corrected chi connectivity index (χ2v) is 4.63. The van der Waals surface area contributed by atoms with Crippen LogP contribution < -0.4 is 0 Å². The maximum atomic E-state index is 4.41. The average molecular weight is 277 g/mol. The zero-order valence-corrected chi connectivity index (χ0v) is 9.23. The summed E-state index contributed by atoms with van der Waals surface area (Å²) < 4.78 is 4.21. The molecule has 2 rings (SSSR count). The molecule has 0 radical (unpaired) electrons. The van der Waals surface area contributed by atoms with Gasteiger partial charge in [0.1, 0.15) is 0 Å². The van der Waals surface area contributed by atoms with Gasteiger partial charge in [0.15, 0.2) is 0 Å². The van der Waals surface area contributed by atoms with Crippen LogP contribution in [0.5, 0.6) is 0 Å². The highest BCUT2D eigenvalue weighted by Gasteiger charge is 2.23. The standard InChI is InChI=1S/C8H12IN3/c1-11-4-3-8(10-11)7-2-5-12(9)6-7/h3-4,7H,2,5-6H2,1H3. The number of nitrogens with zero attached hydrogens (tertiary/aromatic N) is 3. The summed E-state index contributed by atoms with van der Waals surface area (Å²) in [6.45, 7) is 2.35.